The van der Waals surface area contributed by atoms with Crippen molar-refractivity contribution in [3.63, 3.8) is 0 Å². The molecule has 20 heavy (non-hydrogen) atoms. The number of ether oxygens (including phenoxy) is 1. The molecular weight excluding hydrogens is 252 g/mol. The molecule has 2 rings (SSSR count). The normalized spacial score (nSPS) is 27.8. The van der Waals surface area contributed by atoms with Gasteiger partial charge in [-0.3, -0.25) is 4.90 Å². The van der Waals surface area contributed by atoms with Gasteiger partial charge in [0.25, 0.3) is 0 Å². The van der Waals surface area contributed by atoms with Gasteiger partial charge in [-0.15, -0.1) is 0 Å². The predicted molar refractivity (Wildman–Crippen MR) is 81.9 cm³/mol. The van der Waals surface area contributed by atoms with Crippen molar-refractivity contribution in [3.8, 4) is 0 Å². The largest absolute Gasteiger partial charge is 0.396 e. The van der Waals surface area contributed by atoms with Gasteiger partial charge in [-0.2, -0.15) is 0 Å². The summed E-state index contributed by atoms with van der Waals surface area (Å²) < 4.78 is 5.80. The van der Waals surface area contributed by atoms with Crippen molar-refractivity contribution in [2.45, 2.75) is 51.5 Å². The zero-order chi connectivity index (χ0) is 14.3. The van der Waals surface area contributed by atoms with Crippen molar-refractivity contribution in [3.05, 3.63) is 0 Å². The van der Waals surface area contributed by atoms with Crippen LogP contribution in [0.2, 0.25) is 0 Å². The van der Waals surface area contributed by atoms with Gasteiger partial charge in [0.15, 0.2) is 0 Å². The van der Waals surface area contributed by atoms with E-state index in [0.29, 0.717) is 6.61 Å². The van der Waals surface area contributed by atoms with Gasteiger partial charge in [-0.25, -0.2) is 0 Å². The molecule has 2 aliphatic rings. The third-order valence-corrected chi connectivity index (χ3v) is 4.89. The summed E-state index contributed by atoms with van der Waals surface area (Å²) in [6.45, 7) is 8.55. The summed E-state index contributed by atoms with van der Waals surface area (Å²) in [7, 11) is 0. The molecule has 1 saturated heterocycles. The minimum absolute atomic E-state index is 0.277. The van der Waals surface area contributed by atoms with E-state index in [-0.39, 0.29) is 5.41 Å². The Labute approximate surface area is 123 Å². The number of nitrogens with one attached hydrogen (secondary N) is 1. The lowest BCUT2D eigenvalue weighted by molar-refractivity contribution is -0.0402. The van der Waals surface area contributed by atoms with Crippen LogP contribution >= 0.6 is 0 Å². The molecule has 0 bridgehead atoms. The molecule has 2 fully saturated rings. The maximum absolute atomic E-state index is 9.14. The highest BCUT2D eigenvalue weighted by atomic mass is 16.5. The molecule has 1 aliphatic carbocycles. The average molecular weight is 284 g/mol. The second-order valence-corrected chi connectivity index (χ2v) is 6.57. The second-order valence-electron chi connectivity index (χ2n) is 6.57. The Bertz CT molecular complexity index is 263. The van der Waals surface area contributed by atoms with Crippen LogP contribution in [-0.2, 0) is 4.74 Å². The highest BCUT2D eigenvalue weighted by Gasteiger charge is 2.37. The molecule has 4 nitrogen and oxygen atoms in total. The van der Waals surface area contributed by atoms with E-state index < -0.39 is 0 Å². The van der Waals surface area contributed by atoms with E-state index in [0.717, 1.165) is 51.9 Å². The highest BCUT2D eigenvalue weighted by Crippen LogP contribution is 2.33. The van der Waals surface area contributed by atoms with Gasteiger partial charge in [0.1, 0.15) is 0 Å². The summed E-state index contributed by atoms with van der Waals surface area (Å²) in [6, 6.07) is 0.752. The Hall–Kier alpha value is -0.160. The lowest BCUT2D eigenvalue weighted by Crippen LogP contribution is -2.53. The van der Waals surface area contributed by atoms with Gasteiger partial charge in [0.05, 0.1) is 6.61 Å². The first-order valence-electron chi connectivity index (χ1n) is 8.43. The Morgan fingerprint density at radius 2 is 2.20 bits per heavy atom. The number of nitrogens with zero attached hydrogens (tertiary/aromatic N) is 1. The summed E-state index contributed by atoms with van der Waals surface area (Å²) in [4.78, 5) is 2.63. The van der Waals surface area contributed by atoms with Crippen LogP contribution in [0.4, 0.5) is 0 Å². The standard InChI is InChI=1S/C16H32N2O2/c1-2-17-12-16(8-4-11-20-14-16)13-18(9-5-10-19)15-6-3-7-15/h15,17,19H,2-14H2,1H3. The molecule has 1 unspecified atom stereocenters. The monoisotopic (exact) mass is 284 g/mol. The number of rotatable bonds is 9. The van der Waals surface area contributed by atoms with Crippen molar-refractivity contribution in [1.82, 2.24) is 10.2 Å². The smallest absolute Gasteiger partial charge is 0.0546 e. The first-order valence-corrected chi connectivity index (χ1v) is 8.43. The minimum atomic E-state index is 0.277. The van der Waals surface area contributed by atoms with Crippen LogP contribution in [-0.4, -0.2) is 62.0 Å². The molecule has 0 radical (unpaired) electrons. The predicted octanol–water partition coefficient (Wildman–Crippen LogP) is 1.63. The summed E-state index contributed by atoms with van der Waals surface area (Å²) in [5.74, 6) is 0. The molecule has 1 saturated carbocycles. The SMILES string of the molecule is CCNCC1(CN(CCCO)C2CCC2)CCCOC1. The molecule has 2 N–H and O–H groups in total. The molecule has 0 aromatic rings. The number of aliphatic hydroxyl groups is 1. The molecule has 0 aromatic heterocycles. The first-order chi connectivity index (χ1) is 9.79. The second kappa shape index (κ2) is 8.32. The zero-order valence-corrected chi connectivity index (χ0v) is 13.1. The van der Waals surface area contributed by atoms with E-state index in [4.69, 9.17) is 9.84 Å². The molecular formula is C16H32N2O2. The van der Waals surface area contributed by atoms with Gasteiger partial charge in [-0.05, 0) is 38.6 Å². The maximum Gasteiger partial charge on any atom is 0.0546 e. The molecule has 1 atom stereocenters. The van der Waals surface area contributed by atoms with Gasteiger partial charge in [0.2, 0.25) is 0 Å². The third kappa shape index (κ3) is 4.42. The molecule has 0 spiro atoms. The maximum atomic E-state index is 9.14. The van der Waals surface area contributed by atoms with Gasteiger partial charge < -0.3 is 15.2 Å². The lowest BCUT2D eigenvalue weighted by Gasteiger charge is -2.46. The van der Waals surface area contributed by atoms with E-state index >= 15 is 0 Å². The third-order valence-electron chi connectivity index (χ3n) is 4.89. The van der Waals surface area contributed by atoms with Crippen LogP contribution in [0.1, 0.15) is 45.4 Å². The Morgan fingerprint density at radius 1 is 1.35 bits per heavy atom. The van der Waals surface area contributed by atoms with Gasteiger partial charge >= 0.3 is 0 Å². The lowest BCUT2D eigenvalue weighted by atomic mass is 9.80. The average Bonchev–Trinajstić information content (AvgIpc) is 2.42. The van der Waals surface area contributed by atoms with Crippen molar-refractivity contribution in [2.75, 3.05) is 46.0 Å². The van der Waals surface area contributed by atoms with Crippen LogP contribution in [0.3, 0.4) is 0 Å². The van der Waals surface area contributed by atoms with E-state index in [1.54, 1.807) is 0 Å². The van der Waals surface area contributed by atoms with E-state index in [9.17, 15) is 0 Å². The molecule has 1 aliphatic heterocycles. The van der Waals surface area contributed by atoms with Crippen LogP contribution in [0.5, 0.6) is 0 Å². The summed E-state index contributed by atoms with van der Waals surface area (Å²) in [6.07, 6.45) is 7.39. The van der Waals surface area contributed by atoms with Crippen LogP contribution in [0.15, 0.2) is 0 Å². The quantitative estimate of drug-likeness (QED) is 0.675. The van der Waals surface area contributed by atoms with Crippen LogP contribution in [0, 0.1) is 5.41 Å². The zero-order valence-electron chi connectivity index (χ0n) is 13.1. The molecule has 0 aromatic carbocycles. The van der Waals surface area contributed by atoms with E-state index in [1.165, 1.54) is 32.1 Å². The molecule has 118 valence electrons. The fourth-order valence-corrected chi connectivity index (χ4v) is 3.47. The van der Waals surface area contributed by atoms with Gasteiger partial charge in [-0.1, -0.05) is 13.3 Å². The summed E-state index contributed by atoms with van der Waals surface area (Å²) >= 11 is 0. The van der Waals surface area contributed by atoms with E-state index in [1.807, 2.05) is 0 Å². The minimum Gasteiger partial charge on any atom is -0.396 e. The van der Waals surface area contributed by atoms with Gasteiger partial charge in [0, 0.05) is 44.3 Å². The fraction of sp³-hybridized carbons (Fsp3) is 1.00. The fourth-order valence-electron chi connectivity index (χ4n) is 3.47. The number of hydrogen-bond acceptors (Lipinski definition) is 4. The molecule has 4 heteroatoms. The van der Waals surface area contributed by atoms with Crippen molar-refractivity contribution in [2.24, 2.45) is 5.41 Å². The Kier molecular flexibility index (Phi) is 6.75. The topological polar surface area (TPSA) is 44.7 Å². The van der Waals surface area contributed by atoms with Crippen LogP contribution < -0.4 is 5.32 Å². The Morgan fingerprint density at radius 3 is 2.75 bits per heavy atom. The first kappa shape index (κ1) is 16.2. The van der Waals surface area contributed by atoms with E-state index in [2.05, 4.69) is 17.1 Å². The van der Waals surface area contributed by atoms with Crippen molar-refractivity contribution >= 4 is 0 Å². The van der Waals surface area contributed by atoms with Crippen molar-refractivity contribution < 1.29 is 9.84 Å². The van der Waals surface area contributed by atoms with Crippen LogP contribution in [0.25, 0.3) is 0 Å². The summed E-state index contributed by atoms with van der Waals surface area (Å²) in [5.41, 5.74) is 0.277. The number of hydrogen-bond donors (Lipinski definition) is 2. The van der Waals surface area contributed by atoms with Crippen molar-refractivity contribution in [1.29, 1.82) is 0 Å². The highest BCUT2D eigenvalue weighted by molar-refractivity contribution is 4.91. The Balaban J connectivity index is 1.94. The summed E-state index contributed by atoms with van der Waals surface area (Å²) in [5, 5.41) is 12.7. The number of aliphatic hydroxyl groups excluding tert-OH is 1. The molecule has 0 amide bonds. The molecule has 1 heterocycles.